The van der Waals surface area contributed by atoms with Crippen molar-refractivity contribution in [2.75, 3.05) is 26.8 Å². The number of aliphatic hydroxyl groups excluding tert-OH is 1. The minimum Gasteiger partial charge on any atom is -0.393 e. The zero-order valence-corrected chi connectivity index (χ0v) is 9.16. The number of nitrogens with one attached hydrogen (secondary N) is 2. The van der Waals surface area contributed by atoms with Crippen molar-refractivity contribution in [1.29, 1.82) is 0 Å². The Balaban J connectivity index is 1.90. The van der Waals surface area contributed by atoms with Crippen LogP contribution in [0.15, 0.2) is 0 Å². The van der Waals surface area contributed by atoms with Gasteiger partial charge >= 0.3 is 0 Å². The maximum atomic E-state index is 11.3. The van der Waals surface area contributed by atoms with Crippen molar-refractivity contribution in [3.63, 3.8) is 0 Å². The van der Waals surface area contributed by atoms with Crippen molar-refractivity contribution in [1.82, 2.24) is 10.6 Å². The second kappa shape index (κ2) is 6.76. The van der Waals surface area contributed by atoms with Crippen molar-refractivity contribution < 1.29 is 14.6 Å². The molecule has 0 spiro atoms. The van der Waals surface area contributed by atoms with Crippen LogP contribution in [-0.4, -0.2) is 50.0 Å². The summed E-state index contributed by atoms with van der Waals surface area (Å²) >= 11 is 0. The highest BCUT2D eigenvalue weighted by molar-refractivity contribution is 5.77. The van der Waals surface area contributed by atoms with Gasteiger partial charge in [0.25, 0.3) is 0 Å². The molecule has 1 fully saturated rings. The van der Waals surface area contributed by atoms with Gasteiger partial charge in [0.05, 0.1) is 12.6 Å². The van der Waals surface area contributed by atoms with Gasteiger partial charge in [-0.15, -0.1) is 0 Å². The van der Waals surface area contributed by atoms with Crippen molar-refractivity contribution in [3.05, 3.63) is 0 Å². The third-order valence-corrected chi connectivity index (χ3v) is 2.51. The molecule has 1 aliphatic rings. The molecule has 15 heavy (non-hydrogen) atoms. The summed E-state index contributed by atoms with van der Waals surface area (Å²) in [5.74, 6) is 0.00694. The maximum absolute atomic E-state index is 11.3. The largest absolute Gasteiger partial charge is 0.393 e. The SMILES string of the molecule is COCCCNC(=O)CNC1CC(O)C1. The summed E-state index contributed by atoms with van der Waals surface area (Å²) < 4.78 is 4.87. The Morgan fingerprint density at radius 3 is 2.87 bits per heavy atom. The van der Waals surface area contributed by atoms with E-state index in [-0.39, 0.29) is 12.0 Å². The van der Waals surface area contributed by atoms with Crippen LogP contribution in [0.5, 0.6) is 0 Å². The Morgan fingerprint density at radius 2 is 2.27 bits per heavy atom. The highest BCUT2D eigenvalue weighted by atomic mass is 16.5. The number of methoxy groups -OCH3 is 1. The summed E-state index contributed by atoms with van der Waals surface area (Å²) in [7, 11) is 1.64. The van der Waals surface area contributed by atoms with E-state index in [0.29, 0.717) is 25.7 Å². The normalized spacial score (nSPS) is 24.7. The second-order valence-electron chi connectivity index (χ2n) is 3.90. The van der Waals surface area contributed by atoms with Crippen LogP contribution in [0.25, 0.3) is 0 Å². The molecular weight excluding hydrogens is 196 g/mol. The second-order valence-corrected chi connectivity index (χ2v) is 3.90. The van der Waals surface area contributed by atoms with Gasteiger partial charge in [0.15, 0.2) is 0 Å². The number of aliphatic hydroxyl groups is 1. The average Bonchev–Trinajstić information content (AvgIpc) is 2.18. The zero-order chi connectivity index (χ0) is 11.1. The van der Waals surface area contributed by atoms with Gasteiger partial charge < -0.3 is 20.5 Å². The fourth-order valence-electron chi connectivity index (χ4n) is 1.50. The van der Waals surface area contributed by atoms with Crippen LogP contribution in [0.1, 0.15) is 19.3 Å². The van der Waals surface area contributed by atoms with Crippen LogP contribution in [0.2, 0.25) is 0 Å². The van der Waals surface area contributed by atoms with Gasteiger partial charge in [-0.3, -0.25) is 4.79 Å². The molecule has 0 aromatic rings. The van der Waals surface area contributed by atoms with Crippen LogP contribution in [0.4, 0.5) is 0 Å². The summed E-state index contributed by atoms with van der Waals surface area (Å²) in [6, 6.07) is 0.310. The third-order valence-electron chi connectivity index (χ3n) is 2.51. The highest BCUT2D eigenvalue weighted by Gasteiger charge is 2.26. The van der Waals surface area contributed by atoms with Crippen LogP contribution in [0.3, 0.4) is 0 Å². The number of hydrogen-bond donors (Lipinski definition) is 3. The van der Waals surface area contributed by atoms with E-state index in [2.05, 4.69) is 10.6 Å². The molecule has 0 unspecified atom stereocenters. The van der Waals surface area contributed by atoms with E-state index in [0.717, 1.165) is 19.3 Å². The van der Waals surface area contributed by atoms with Gasteiger partial charge in [-0.05, 0) is 19.3 Å². The Labute approximate surface area is 90.2 Å². The van der Waals surface area contributed by atoms with Gasteiger partial charge in [0, 0.05) is 26.3 Å². The fourth-order valence-corrected chi connectivity index (χ4v) is 1.50. The fraction of sp³-hybridized carbons (Fsp3) is 0.900. The molecular formula is C10H20N2O3. The quantitative estimate of drug-likeness (QED) is 0.490. The minimum absolute atomic E-state index is 0.00694. The molecule has 3 N–H and O–H groups in total. The topological polar surface area (TPSA) is 70.6 Å². The molecule has 0 atom stereocenters. The first kappa shape index (κ1) is 12.4. The third kappa shape index (κ3) is 5.11. The lowest BCUT2D eigenvalue weighted by molar-refractivity contribution is -0.120. The lowest BCUT2D eigenvalue weighted by Crippen LogP contribution is -2.47. The lowest BCUT2D eigenvalue weighted by Gasteiger charge is -2.31. The van der Waals surface area contributed by atoms with Gasteiger partial charge in [-0.2, -0.15) is 0 Å². The number of ether oxygens (including phenoxy) is 1. The van der Waals surface area contributed by atoms with Crippen molar-refractivity contribution >= 4 is 5.91 Å². The molecule has 1 saturated carbocycles. The molecule has 0 aromatic carbocycles. The molecule has 0 aliphatic heterocycles. The molecule has 5 heteroatoms. The van der Waals surface area contributed by atoms with Crippen LogP contribution < -0.4 is 10.6 Å². The molecule has 0 radical (unpaired) electrons. The standard InChI is InChI=1S/C10H20N2O3/c1-15-4-2-3-11-10(14)7-12-8-5-9(13)6-8/h8-9,12-13H,2-7H2,1H3,(H,11,14). The molecule has 88 valence electrons. The van der Waals surface area contributed by atoms with Crippen LogP contribution in [0, 0.1) is 0 Å². The number of carbonyl (C=O) groups is 1. The van der Waals surface area contributed by atoms with E-state index in [9.17, 15) is 4.79 Å². The summed E-state index contributed by atoms with van der Waals surface area (Å²) in [6.45, 7) is 1.66. The van der Waals surface area contributed by atoms with E-state index >= 15 is 0 Å². The van der Waals surface area contributed by atoms with Crippen molar-refractivity contribution in [2.24, 2.45) is 0 Å². The van der Waals surface area contributed by atoms with Gasteiger partial charge in [0.1, 0.15) is 0 Å². The predicted octanol–water partition coefficient (Wildman–Crippen LogP) is -0.748. The first-order valence-corrected chi connectivity index (χ1v) is 5.39. The number of carbonyl (C=O) groups excluding carboxylic acids is 1. The van der Waals surface area contributed by atoms with Gasteiger partial charge in [0.2, 0.25) is 5.91 Å². The Bertz CT molecular complexity index is 193. The first-order chi connectivity index (χ1) is 7.22. The van der Waals surface area contributed by atoms with E-state index in [1.165, 1.54) is 0 Å². The van der Waals surface area contributed by atoms with E-state index < -0.39 is 0 Å². The monoisotopic (exact) mass is 216 g/mol. The van der Waals surface area contributed by atoms with E-state index in [1.807, 2.05) is 0 Å². The Hall–Kier alpha value is -0.650. The molecule has 5 nitrogen and oxygen atoms in total. The zero-order valence-electron chi connectivity index (χ0n) is 9.16. The van der Waals surface area contributed by atoms with Crippen LogP contribution in [-0.2, 0) is 9.53 Å². The average molecular weight is 216 g/mol. The van der Waals surface area contributed by atoms with E-state index in [1.54, 1.807) is 7.11 Å². The molecule has 0 aromatic heterocycles. The summed E-state index contributed by atoms with van der Waals surface area (Å²) in [4.78, 5) is 11.3. The molecule has 0 saturated heterocycles. The Kier molecular flexibility index (Phi) is 5.60. The minimum atomic E-state index is -0.174. The van der Waals surface area contributed by atoms with Gasteiger partial charge in [-0.25, -0.2) is 0 Å². The molecule has 0 bridgehead atoms. The summed E-state index contributed by atoms with van der Waals surface area (Å²) in [5.41, 5.74) is 0. The molecule has 1 amide bonds. The number of amides is 1. The predicted molar refractivity (Wildman–Crippen MR) is 56.5 cm³/mol. The van der Waals surface area contributed by atoms with Crippen LogP contribution >= 0.6 is 0 Å². The first-order valence-electron chi connectivity index (χ1n) is 5.39. The number of rotatable bonds is 7. The maximum Gasteiger partial charge on any atom is 0.233 e. The number of hydrogen-bond acceptors (Lipinski definition) is 4. The van der Waals surface area contributed by atoms with Crippen molar-refractivity contribution in [2.45, 2.75) is 31.4 Å². The van der Waals surface area contributed by atoms with E-state index in [4.69, 9.17) is 9.84 Å². The highest BCUT2D eigenvalue weighted by Crippen LogP contribution is 2.18. The smallest absolute Gasteiger partial charge is 0.233 e. The molecule has 1 rings (SSSR count). The van der Waals surface area contributed by atoms with Gasteiger partial charge in [-0.1, -0.05) is 0 Å². The molecule has 0 heterocycles. The summed E-state index contributed by atoms with van der Waals surface area (Å²) in [5, 5.41) is 14.9. The Morgan fingerprint density at radius 1 is 1.53 bits per heavy atom. The summed E-state index contributed by atoms with van der Waals surface area (Å²) in [6.07, 6.45) is 2.19. The van der Waals surface area contributed by atoms with Crippen molar-refractivity contribution in [3.8, 4) is 0 Å². The lowest BCUT2D eigenvalue weighted by atomic mass is 9.89. The molecule has 1 aliphatic carbocycles.